The van der Waals surface area contributed by atoms with E-state index in [1.165, 1.54) is 0 Å². The van der Waals surface area contributed by atoms with E-state index >= 15 is 0 Å². The van der Waals surface area contributed by atoms with Gasteiger partial charge in [-0.15, -0.1) is 0 Å². The Hall–Kier alpha value is -2.53. The summed E-state index contributed by atoms with van der Waals surface area (Å²) in [7, 11) is 0. The number of carbonyl (C=O) groups excluding carboxylic acids is 1. The van der Waals surface area contributed by atoms with Crippen LogP contribution in [0.1, 0.15) is 5.56 Å². The molecular formula is C18H20N2O3. The predicted octanol–water partition coefficient (Wildman–Crippen LogP) is 3.27. The maximum absolute atomic E-state index is 12.0. The molecule has 2 aromatic rings. The van der Waals surface area contributed by atoms with Gasteiger partial charge in [0, 0.05) is 13.1 Å². The maximum atomic E-state index is 12.0. The normalized spacial score (nSPS) is 14.3. The zero-order chi connectivity index (χ0) is 15.9. The van der Waals surface area contributed by atoms with E-state index < -0.39 is 6.09 Å². The Bertz CT molecular complexity index is 640. The van der Waals surface area contributed by atoms with Gasteiger partial charge in [0.15, 0.2) is 0 Å². The molecule has 0 unspecified atom stereocenters. The Kier molecular flexibility index (Phi) is 5.11. The first-order valence-corrected chi connectivity index (χ1v) is 7.72. The molecule has 1 aliphatic heterocycles. The van der Waals surface area contributed by atoms with Crippen LogP contribution in [0.3, 0.4) is 0 Å². The number of nitrogens with one attached hydrogen (secondary N) is 1. The molecule has 5 nitrogen and oxygen atoms in total. The molecule has 5 heteroatoms. The number of rotatable bonds is 4. The van der Waals surface area contributed by atoms with Crippen LogP contribution in [0, 0.1) is 0 Å². The van der Waals surface area contributed by atoms with Crippen LogP contribution in [-0.2, 0) is 16.1 Å². The second-order valence-electron chi connectivity index (χ2n) is 5.30. The molecule has 23 heavy (non-hydrogen) atoms. The Morgan fingerprint density at radius 2 is 1.74 bits per heavy atom. The molecule has 0 bridgehead atoms. The Labute approximate surface area is 135 Å². The molecule has 1 N–H and O–H groups in total. The monoisotopic (exact) mass is 312 g/mol. The van der Waals surface area contributed by atoms with E-state index in [9.17, 15) is 4.79 Å². The summed E-state index contributed by atoms with van der Waals surface area (Å²) < 4.78 is 10.7. The zero-order valence-electron chi connectivity index (χ0n) is 12.9. The highest BCUT2D eigenvalue weighted by Gasteiger charge is 2.16. The van der Waals surface area contributed by atoms with Gasteiger partial charge in [0.25, 0.3) is 0 Å². The topological polar surface area (TPSA) is 50.8 Å². The summed E-state index contributed by atoms with van der Waals surface area (Å²) in [6, 6.07) is 17.4. The quantitative estimate of drug-likeness (QED) is 0.941. The lowest BCUT2D eigenvalue weighted by atomic mass is 10.2. The van der Waals surface area contributed by atoms with E-state index in [4.69, 9.17) is 9.47 Å². The fraction of sp³-hybridized carbons (Fsp3) is 0.278. The third kappa shape index (κ3) is 4.23. The molecule has 1 aliphatic rings. The number of amides is 1. The molecule has 3 rings (SSSR count). The molecule has 0 aromatic heterocycles. The van der Waals surface area contributed by atoms with Crippen molar-refractivity contribution in [2.24, 2.45) is 0 Å². The van der Waals surface area contributed by atoms with Crippen LogP contribution in [0.25, 0.3) is 0 Å². The number of carbonyl (C=O) groups is 1. The molecular weight excluding hydrogens is 292 g/mol. The molecule has 1 fully saturated rings. The summed E-state index contributed by atoms with van der Waals surface area (Å²) in [6.45, 7) is 3.29. The van der Waals surface area contributed by atoms with Crippen molar-refractivity contribution in [3.8, 4) is 0 Å². The van der Waals surface area contributed by atoms with E-state index in [1.54, 1.807) is 0 Å². The molecule has 0 aliphatic carbocycles. The summed E-state index contributed by atoms with van der Waals surface area (Å²) in [4.78, 5) is 14.2. The molecule has 2 aromatic carbocycles. The van der Waals surface area contributed by atoms with Crippen molar-refractivity contribution >= 4 is 17.5 Å². The fourth-order valence-corrected chi connectivity index (χ4v) is 2.53. The van der Waals surface area contributed by atoms with Gasteiger partial charge < -0.3 is 14.4 Å². The lowest BCUT2D eigenvalue weighted by molar-refractivity contribution is 0.123. The number of ether oxygens (including phenoxy) is 2. The molecule has 1 saturated heterocycles. The third-order valence-electron chi connectivity index (χ3n) is 3.71. The average Bonchev–Trinajstić information content (AvgIpc) is 2.62. The molecule has 0 spiro atoms. The minimum absolute atomic E-state index is 0.256. The van der Waals surface area contributed by atoms with Gasteiger partial charge in [0.1, 0.15) is 6.61 Å². The predicted molar refractivity (Wildman–Crippen MR) is 89.7 cm³/mol. The lowest BCUT2D eigenvalue weighted by Gasteiger charge is -2.30. The minimum Gasteiger partial charge on any atom is -0.444 e. The number of benzene rings is 2. The number of morpholine rings is 1. The number of hydrogen-bond donors (Lipinski definition) is 1. The van der Waals surface area contributed by atoms with Crippen LogP contribution in [0.5, 0.6) is 0 Å². The van der Waals surface area contributed by atoms with Gasteiger partial charge in [-0.25, -0.2) is 4.79 Å². The SMILES string of the molecule is O=C(Nc1ccccc1N1CCOCC1)OCc1ccccc1. The Morgan fingerprint density at radius 3 is 2.52 bits per heavy atom. The maximum Gasteiger partial charge on any atom is 0.412 e. The number of nitrogens with zero attached hydrogens (tertiary/aromatic N) is 1. The van der Waals surface area contributed by atoms with E-state index in [0.29, 0.717) is 13.2 Å². The van der Waals surface area contributed by atoms with Crippen LogP contribution in [-0.4, -0.2) is 32.4 Å². The summed E-state index contributed by atoms with van der Waals surface area (Å²) in [5.41, 5.74) is 2.71. The molecule has 120 valence electrons. The first-order chi connectivity index (χ1) is 11.3. The second-order valence-corrected chi connectivity index (χ2v) is 5.30. The smallest absolute Gasteiger partial charge is 0.412 e. The van der Waals surface area contributed by atoms with Crippen LogP contribution in [0.15, 0.2) is 54.6 Å². The largest absolute Gasteiger partial charge is 0.444 e. The van der Waals surface area contributed by atoms with Crippen molar-refractivity contribution < 1.29 is 14.3 Å². The van der Waals surface area contributed by atoms with Gasteiger partial charge in [-0.2, -0.15) is 0 Å². The zero-order valence-corrected chi connectivity index (χ0v) is 12.9. The number of anilines is 2. The Morgan fingerprint density at radius 1 is 1.04 bits per heavy atom. The van der Waals surface area contributed by atoms with Crippen molar-refractivity contribution in [3.63, 3.8) is 0 Å². The van der Waals surface area contributed by atoms with Crippen molar-refractivity contribution in [1.82, 2.24) is 0 Å². The summed E-state index contributed by atoms with van der Waals surface area (Å²) in [5.74, 6) is 0. The van der Waals surface area contributed by atoms with Crippen LogP contribution in [0.2, 0.25) is 0 Å². The molecule has 1 amide bonds. The first-order valence-electron chi connectivity index (χ1n) is 7.72. The van der Waals surface area contributed by atoms with Crippen molar-refractivity contribution in [2.75, 3.05) is 36.5 Å². The van der Waals surface area contributed by atoms with E-state index in [2.05, 4.69) is 10.2 Å². The molecule has 0 atom stereocenters. The van der Waals surface area contributed by atoms with E-state index in [-0.39, 0.29) is 6.61 Å². The van der Waals surface area contributed by atoms with Crippen LogP contribution in [0.4, 0.5) is 16.2 Å². The number of hydrogen-bond acceptors (Lipinski definition) is 4. The molecule has 0 saturated carbocycles. The molecule has 1 heterocycles. The highest BCUT2D eigenvalue weighted by molar-refractivity contribution is 5.89. The minimum atomic E-state index is -0.449. The van der Waals surface area contributed by atoms with Crippen molar-refractivity contribution in [3.05, 3.63) is 60.2 Å². The van der Waals surface area contributed by atoms with Crippen LogP contribution < -0.4 is 10.2 Å². The van der Waals surface area contributed by atoms with Gasteiger partial charge in [0.05, 0.1) is 24.6 Å². The first kappa shape index (κ1) is 15.4. The van der Waals surface area contributed by atoms with E-state index in [0.717, 1.165) is 30.0 Å². The highest BCUT2D eigenvalue weighted by Crippen LogP contribution is 2.26. The summed E-state index contributed by atoms with van der Waals surface area (Å²) in [6.07, 6.45) is -0.449. The van der Waals surface area contributed by atoms with Gasteiger partial charge in [0.2, 0.25) is 0 Å². The van der Waals surface area contributed by atoms with E-state index in [1.807, 2.05) is 54.6 Å². The van der Waals surface area contributed by atoms with Crippen molar-refractivity contribution in [1.29, 1.82) is 0 Å². The third-order valence-corrected chi connectivity index (χ3v) is 3.71. The van der Waals surface area contributed by atoms with Gasteiger partial charge >= 0.3 is 6.09 Å². The standard InChI is InChI=1S/C18H20N2O3/c21-18(23-14-15-6-2-1-3-7-15)19-16-8-4-5-9-17(16)20-10-12-22-13-11-20/h1-9H,10-14H2,(H,19,21). The molecule has 0 radical (unpaired) electrons. The van der Waals surface area contributed by atoms with Crippen molar-refractivity contribution in [2.45, 2.75) is 6.61 Å². The second kappa shape index (κ2) is 7.65. The summed E-state index contributed by atoms with van der Waals surface area (Å²) in [5, 5.41) is 2.83. The lowest BCUT2D eigenvalue weighted by Crippen LogP contribution is -2.36. The average molecular weight is 312 g/mol. The van der Waals surface area contributed by atoms with Crippen LogP contribution >= 0.6 is 0 Å². The number of para-hydroxylation sites is 2. The van der Waals surface area contributed by atoms with Gasteiger partial charge in [-0.1, -0.05) is 42.5 Å². The Balaban J connectivity index is 1.62. The fourth-order valence-electron chi connectivity index (χ4n) is 2.53. The highest BCUT2D eigenvalue weighted by atomic mass is 16.5. The van der Waals surface area contributed by atoms with Gasteiger partial charge in [-0.05, 0) is 17.7 Å². The van der Waals surface area contributed by atoms with Gasteiger partial charge in [-0.3, -0.25) is 5.32 Å². The summed E-state index contributed by atoms with van der Waals surface area (Å²) >= 11 is 0.